The molecule has 1 saturated heterocycles. The molecule has 5 nitrogen and oxygen atoms in total. The van der Waals surface area contributed by atoms with Gasteiger partial charge in [0.1, 0.15) is 5.69 Å². The second-order valence-corrected chi connectivity index (χ2v) is 5.99. The van der Waals surface area contributed by atoms with Gasteiger partial charge in [0.25, 0.3) is 5.91 Å². The number of nitrogens with one attached hydrogen (secondary N) is 1. The molecule has 0 radical (unpaired) electrons. The average molecular weight is 286 g/mol. The molecule has 0 bridgehead atoms. The van der Waals surface area contributed by atoms with E-state index in [1.165, 1.54) is 0 Å². The summed E-state index contributed by atoms with van der Waals surface area (Å²) in [5.41, 5.74) is 4.03. The highest BCUT2D eigenvalue weighted by atomic mass is 16.2. The molecule has 1 aliphatic heterocycles. The van der Waals surface area contributed by atoms with Crippen molar-refractivity contribution in [1.29, 1.82) is 0 Å². The summed E-state index contributed by atoms with van der Waals surface area (Å²) in [5, 5.41) is 7.36. The van der Waals surface area contributed by atoms with Gasteiger partial charge in [-0.05, 0) is 44.9 Å². The number of H-pyrrole nitrogens is 1. The van der Waals surface area contributed by atoms with Gasteiger partial charge in [-0.2, -0.15) is 5.10 Å². The van der Waals surface area contributed by atoms with Crippen LogP contribution in [0.15, 0.2) is 18.2 Å². The summed E-state index contributed by atoms with van der Waals surface area (Å²) in [6.45, 7) is 5.62. The van der Waals surface area contributed by atoms with Crippen LogP contribution >= 0.6 is 0 Å². The fourth-order valence-electron chi connectivity index (χ4n) is 3.04. The number of rotatable bonds is 2. The Bertz CT molecular complexity index is 655. The van der Waals surface area contributed by atoms with Crippen molar-refractivity contribution in [2.45, 2.75) is 32.6 Å². The smallest absolute Gasteiger partial charge is 0.270 e. The topological polar surface area (TPSA) is 53.9 Å². The number of aryl methyl sites for hydroxylation is 2. The molecule has 3 heterocycles. The molecule has 0 aromatic carbocycles. The Balaban J connectivity index is 1.77. The normalized spacial score (nSPS) is 19.0. The molecule has 1 N–H and O–H groups in total. The maximum absolute atomic E-state index is 12.7. The summed E-state index contributed by atoms with van der Waals surface area (Å²) in [5.74, 6) is 0.469. The molecule has 2 aromatic rings. The monoisotopic (exact) mass is 286 g/mol. The molecule has 3 rings (SSSR count). The number of hydrogen-bond donors (Lipinski definition) is 1. The Hall–Kier alpha value is -2.04. The van der Waals surface area contributed by atoms with Gasteiger partial charge in [-0.25, -0.2) is 0 Å². The molecule has 21 heavy (non-hydrogen) atoms. The van der Waals surface area contributed by atoms with Crippen molar-refractivity contribution < 1.29 is 4.79 Å². The quantitative estimate of drug-likeness (QED) is 0.921. The van der Waals surface area contributed by atoms with Crippen LogP contribution in [-0.2, 0) is 7.05 Å². The predicted octanol–water partition coefficient (Wildman–Crippen LogP) is 2.38. The third kappa shape index (κ3) is 2.60. The maximum atomic E-state index is 12.7. The van der Waals surface area contributed by atoms with Crippen molar-refractivity contribution in [3.63, 3.8) is 0 Å². The summed E-state index contributed by atoms with van der Waals surface area (Å²) >= 11 is 0. The highest BCUT2D eigenvalue weighted by molar-refractivity contribution is 5.93. The van der Waals surface area contributed by atoms with E-state index in [2.05, 4.69) is 16.3 Å². The zero-order valence-electron chi connectivity index (χ0n) is 12.9. The number of aromatic nitrogens is 3. The lowest BCUT2D eigenvalue weighted by atomic mass is 9.94. The first kappa shape index (κ1) is 13.9. The molecule has 0 spiro atoms. The van der Waals surface area contributed by atoms with Gasteiger partial charge >= 0.3 is 0 Å². The zero-order valence-corrected chi connectivity index (χ0v) is 12.9. The number of piperidine rings is 1. The second kappa shape index (κ2) is 5.39. The Morgan fingerprint density at radius 3 is 2.81 bits per heavy atom. The Morgan fingerprint density at radius 1 is 1.38 bits per heavy atom. The van der Waals surface area contributed by atoms with Crippen molar-refractivity contribution in [3.8, 4) is 0 Å². The minimum Gasteiger partial charge on any atom is -0.344 e. The lowest BCUT2D eigenvalue weighted by molar-refractivity contribution is 0.0696. The summed E-state index contributed by atoms with van der Waals surface area (Å²) in [4.78, 5) is 14.7. The first-order chi connectivity index (χ1) is 10.1. The van der Waals surface area contributed by atoms with Crippen molar-refractivity contribution in [2.75, 3.05) is 13.1 Å². The molecule has 1 unspecified atom stereocenters. The number of amides is 1. The Kier molecular flexibility index (Phi) is 3.57. The van der Waals surface area contributed by atoms with Gasteiger partial charge in [-0.15, -0.1) is 0 Å². The fraction of sp³-hybridized carbons (Fsp3) is 0.500. The highest BCUT2D eigenvalue weighted by Gasteiger charge is 2.27. The molecular formula is C16H22N4O. The molecule has 5 heteroatoms. The minimum absolute atomic E-state index is 0.127. The lowest BCUT2D eigenvalue weighted by Gasteiger charge is -2.32. The number of carbonyl (C=O) groups is 1. The standard InChI is InChI=1S/C16H22N4O/c1-11-9-14(18-17-11)13-5-4-8-20(10-13)16(21)15-7-6-12(2)19(15)3/h6-7,9,13H,4-5,8,10H2,1-3H3,(H,17,18). The van der Waals surface area contributed by atoms with Gasteiger partial charge in [0.2, 0.25) is 0 Å². The van der Waals surface area contributed by atoms with Crippen molar-refractivity contribution >= 4 is 5.91 Å². The van der Waals surface area contributed by atoms with Crippen LogP contribution in [0, 0.1) is 13.8 Å². The SMILES string of the molecule is Cc1cc(C2CCCN(C(=O)c3ccc(C)n3C)C2)n[nH]1. The molecule has 1 aliphatic rings. The van der Waals surface area contributed by atoms with E-state index >= 15 is 0 Å². The van der Waals surface area contributed by atoms with Gasteiger partial charge in [0, 0.05) is 37.4 Å². The molecule has 112 valence electrons. The van der Waals surface area contributed by atoms with Crippen LogP contribution in [0.1, 0.15) is 46.3 Å². The lowest BCUT2D eigenvalue weighted by Crippen LogP contribution is -2.40. The van der Waals surface area contributed by atoms with E-state index in [9.17, 15) is 4.79 Å². The summed E-state index contributed by atoms with van der Waals surface area (Å²) in [6, 6.07) is 6.00. The van der Waals surface area contributed by atoms with E-state index in [1.54, 1.807) is 0 Å². The van der Waals surface area contributed by atoms with E-state index in [0.29, 0.717) is 5.92 Å². The molecule has 1 fully saturated rings. The van der Waals surface area contributed by atoms with Crippen LogP contribution in [0.25, 0.3) is 0 Å². The summed E-state index contributed by atoms with van der Waals surface area (Å²) in [6.07, 6.45) is 2.13. The van der Waals surface area contributed by atoms with Crippen LogP contribution in [-0.4, -0.2) is 38.7 Å². The first-order valence-corrected chi connectivity index (χ1v) is 7.50. The average Bonchev–Trinajstić information content (AvgIpc) is 3.06. The first-order valence-electron chi connectivity index (χ1n) is 7.50. The second-order valence-electron chi connectivity index (χ2n) is 5.99. The number of nitrogens with zero attached hydrogens (tertiary/aromatic N) is 3. The van der Waals surface area contributed by atoms with E-state index in [-0.39, 0.29) is 5.91 Å². The Morgan fingerprint density at radius 2 is 2.19 bits per heavy atom. The highest BCUT2D eigenvalue weighted by Crippen LogP contribution is 2.27. The van der Waals surface area contributed by atoms with Gasteiger partial charge in [-0.3, -0.25) is 9.89 Å². The number of aromatic amines is 1. The predicted molar refractivity (Wildman–Crippen MR) is 81.4 cm³/mol. The number of likely N-dealkylation sites (tertiary alicyclic amines) is 1. The van der Waals surface area contributed by atoms with Crippen molar-refractivity contribution in [3.05, 3.63) is 41.0 Å². The summed E-state index contributed by atoms with van der Waals surface area (Å²) < 4.78 is 1.96. The van der Waals surface area contributed by atoms with E-state index in [0.717, 1.165) is 48.7 Å². The molecule has 1 atom stereocenters. The van der Waals surface area contributed by atoms with Gasteiger partial charge in [0.15, 0.2) is 0 Å². The largest absolute Gasteiger partial charge is 0.344 e. The zero-order chi connectivity index (χ0) is 15.0. The molecule has 0 saturated carbocycles. The van der Waals surface area contributed by atoms with Gasteiger partial charge < -0.3 is 9.47 Å². The fourth-order valence-corrected chi connectivity index (χ4v) is 3.04. The third-order valence-corrected chi connectivity index (χ3v) is 4.44. The van der Waals surface area contributed by atoms with Gasteiger partial charge in [-0.1, -0.05) is 0 Å². The van der Waals surface area contributed by atoms with E-state index < -0.39 is 0 Å². The minimum atomic E-state index is 0.127. The van der Waals surface area contributed by atoms with E-state index in [4.69, 9.17) is 0 Å². The third-order valence-electron chi connectivity index (χ3n) is 4.44. The van der Waals surface area contributed by atoms with Crippen LogP contribution in [0.5, 0.6) is 0 Å². The van der Waals surface area contributed by atoms with Crippen LogP contribution in [0.2, 0.25) is 0 Å². The number of hydrogen-bond acceptors (Lipinski definition) is 2. The van der Waals surface area contributed by atoms with Crippen molar-refractivity contribution in [1.82, 2.24) is 19.7 Å². The number of carbonyl (C=O) groups excluding carboxylic acids is 1. The van der Waals surface area contributed by atoms with Gasteiger partial charge in [0.05, 0.1) is 5.69 Å². The molecule has 2 aromatic heterocycles. The Labute approximate surface area is 125 Å². The van der Waals surface area contributed by atoms with Crippen LogP contribution in [0.4, 0.5) is 0 Å². The van der Waals surface area contributed by atoms with E-state index in [1.807, 2.05) is 42.5 Å². The van der Waals surface area contributed by atoms with Crippen LogP contribution in [0.3, 0.4) is 0 Å². The molecular weight excluding hydrogens is 264 g/mol. The maximum Gasteiger partial charge on any atom is 0.270 e. The molecule has 1 amide bonds. The molecule has 0 aliphatic carbocycles. The van der Waals surface area contributed by atoms with Crippen LogP contribution < -0.4 is 0 Å². The summed E-state index contributed by atoms with van der Waals surface area (Å²) in [7, 11) is 1.95. The van der Waals surface area contributed by atoms with Crippen molar-refractivity contribution in [2.24, 2.45) is 7.05 Å².